The second-order valence-corrected chi connectivity index (χ2v) is 7.40. The third kappa shape index (κ3) is 4.51. The zero-order valence-corrected chi connectivity index (χ0v) is 16.7. The molecule has 0 unspecified atom stereocenters. The molecular weight excluding hydrogens is 370 g/mol. The Kier molecular flexibility index (Phi) is 5.67. The third-order valence-corrected chi connectivity index (χ3v) is 4.88. The molecule has 0 bridgehead atoms. The van der Waals surface area contributed by atoms with Crippen LogP contribution in [0.1, 0.15) is 29.9 Å². The Labute approximate surface area is 169 Å². The normalized spacial score (nSPS) is 15.1. The van der Waals surface area contributed by atoms with Crippen LogP contribution in [0.15, 0.2) is 57.7 Å². The Morgan fingerprint density at radius 3 is 2.62 bits per heavy atom. The van der Waals surface area contributed by atoms with E-state index in [1.165, 1.54) is 5.56 Å². The molecule has 0 aliphatic carbocycles. The Hall–Kier alpha value is -3.06. The smallest absolute Gasteiger partial charge is 0.276 e. The van der Waals surface area contributed by atoms with Gasteiger partial charge in [-0.2, -0.15) is 0 Å². The van der Waals surface area contributed by atoms with Gasteiger partial charge in [-0.05, 0) is 32.0 Å². The number of piperazine rings is 1. The molecule has 1 aliphatic rings. The molecule has 2 aromatic heterocycles. The molecule has 152 valence electrons. The summed E-state index contributed by atoms with van der Waals surface area (Å²) in [5.74, 6) is 1.83. The van der Waals surface area contributed by atoms with Gasteiger partial charge in [-0.25, -0.2) is 0 Å². The lowest BCUT2D eigenvalue weighted by molar-refractivity contribution is 0.0616. The van der Waals surface area contributed by atoms with Crippen molar-refractivity contribution in [1.29, 1.82) is 0 Å². The van der Waals surface area contributed by atoms with Gasteiger partial charge >= 0.3 is 0 Å². The summed E-state index contributed by atoms with van der Waals surface area (Å²) in [4.78, 5) is 16.9. The van der Waals surface area contributed by atoms with Crippen LogP contribution in [-0.4, -0.2) is 53.1 Å². The van der Waals surface area contributed by atoms with Crippen LogP contribution in [0.4, 0.5) is 0 Å². The predicted octanol–water partition coefficient (Wildman–Crippen LogP) is 3.68. The van der Waals surface area contributed by atoms with Crippen molar-refractivity contribution < 1.29 is 18.5 Å². The van der Waals surface area contributed by atoms with E-state index in [1.807, 2.05) is 36.9 Å². The highest BCUT2D eigenvalue weighted by Gasteiger charge is 2.25. The summed E-state index contributed by atoms with van der Waals surface area (Å²) in [7, 11) is 0. The average Bonchev–Trinajstić information content (AvgIpc) is 3.41. The van der Waals surface area contributed by atoms with Gasteiger partial charge in [-0.1, -0.05) is 23.4 Å². The summed E-state index contributed by atoms with van der Waals surface area (Å²) in [6.07, 6.45) is 1.70. The van der Waals surface area contributed by atoms with Crippen LogP contribution in [0.3, 0.4) is 0 Å². The molecule has 0 atom stereocenters. The summed E-state index contributed by atoms with van der Waals surface area (Å²) in [6.45, 7) is 7.75. The van der Waals surface area contributed by atoms with Crippen molar-refractivity contribution in [1.82, 2.24) is 15.0 Å². The molecule has 3 heterocycles. The van der Waals surface area contributed by atoms with Crippen molar-refractivity contribution in [2.24, 2.45) is 0 Å². The fraction of sp³-hybridized carbons (Fsp3) is 0.364. The number of furan rings is 1. The maximum atomic E-state index is 12.8. The number of hydrogen-bond acceptors (Lipinski definition) is 6. The number of amides is 1. The number of aromatic nitrogens is 1. The lowest BCUT2D eigenvalue weighted by Crippen LogP contribution is -2.48. The fourth-order valence-electron chi connectivity index (χ4n) is 3.43. The molecule has 0 radical (unpaired) electrons. The van der Waals surface area contributed by atoms with E-state index in [0.717, 1.165) is 25.4 Å². The quantitative estimate of drug-likeness (QED) is 0.634. The molecule has 29 heavy (non-hydrogen) atoms. The van der Waals surface area contributed by atoms with Gasteiger partial charge in [0, 0.05) is 44.4 Å². The highest BCUT2D eigenvalue weighted by Crippen LogP contribution is 2.23. The highest BCUT2D eigenvalue weighted by atomic mass is 16.5. The Balaban J connectivity index is 1.35. The first-order chi connectivity index (χ1) is 14.1. The van der Waals surface area contributed by atoms with Crippen molar-refractivity contribution in [3.05, 3.63) is 60.0 Å². The van der Waals surface area contributed by atoms with Crippen molar-refractivity contribution in [3.8, 4) is 17.3 Å². The molecule has 4 rings (SSSR count). The maximum absolute atomic E-state index is 12.8. The van der Waals surface area contributed by atoms with Gasteiger partial charge in [-0.15, -0.1) is 0 Å². The zero-order valence-electron chi connectivity index (χ0n) is 16.7. The Morgan fingerprint density at radius 2 is 1.90 bits per heavy atom. The maximum Gasteiger partial charge on any atom is 0.276 e. The number of ether oxygens (including phenoxy) is 1. The van der Waals surface area contributed by atoms with Crippen LogP contribution in [-0.2, 0) is 6.54 Å². The van der Waals surface area contributed by atoms with E-state index < -0.39 is 0 Å². The minimum atomic E-state index is -0.116. The van der Waals surface area contributed by atoms with Crippen LogP contribution >= 0.6 is 0 Å². The Morgan fingerprint density at radius 1 is 1.10 bits per heavy atom. The monoisotopic (exact) mass is 395 g/mol. The topological polar surface area (TPSA) is 72.0 Å². The van der Waals surface area contributed by atoms with E-state index in [-0.39, 0.29) is 12.0 Å². The number of hydrogen-bond donors (Lipinski definition) is 0. The summed E-state index contributed by atoms with van der Waals surface area (Å²) < 4.78 is 16.5. The average molecular weight is 395 g/mol. The Bertz CT molecular complexity index is 941. The molecular formula is C22H25N3O4. The molecule has 3 aromatic rings. The van der Waals surface area contributed by atoms with Crippen molar-refractivity contribution in [2.45, 2.75) is 26.5 Å². The van der Waals surface area contributed by atoms with Crippen LogP contribution < -0.4 is 4.74 Å². The van der Waals surface area contributed by atoms with Crippen molar-refractivity contribution in [2.75, 3.05) is 26.2 Å². The molecule has 1 fully saturated rings. The number of para-hydroxylation sites is 1. The second-order valence-electron chi connectivity index (χ2n) is 7.40. The first kappa shape index (κ1) is 19.3. The SMILES string of the molecule is CC(C)Oc1ccccc1CN1CCN(C(=O)c2cc(-c3ccco3)on2)CC1. The first-order valence-corrected chi connectivity index (χ1v) is 9.87. The number of benzene rings is 1. The van der Waals surface area contributed by atoms with Crippen LogP contribution in [0, 0.1) is 0 Å². The first-order valence-electron chi connectivity index (χ1n) is 9.87. The summed E-state index contributed by atoms with van der Waals surface area (Å²) in [6, 6.07) is 13.3. The third-order valence-electron chi connectivity index (χ3n) is 4.88. The van der Waals surface area contributed by atoms with Gasteiger partial charge in [0.1, 0.15) is 5.75 Å². The molecule has 0 saturated carbocycles. The minimum Gasteiger partial charge on any atom is -0.491 e. The van der Waals surface area contributed by atoms with Gasteiger partial charge in [0.05, 0.1) is 12.4 Å². The van der Waals surface area contributed by atoms with Gasteiger partial charge in [-0.3, -0.25) is 9.69 Å². The lowest BCUT2D eigenvalue weighted by Gasteiger charge is -2.34. The summed E-state index contributed by atoms with van der Waals surface area (Å²) in [5, 5.41) is 3.92. The molecule has 1 saturated heterocycles. The van der Waals surface area contributed by atoms with E-state index in [1.54, 1.807) is 24.5 Å². The molecule has 1 aliphatic heterocycles. The predicted molar refractivity (Wildman–Crippen MR) is 108 cm³/mol. The van der Waals surface area contributed by atoms with E-state index >= 15 is 0 Å². The van der Waals surface area contributed by atoms with Crippen LogP contribution in [0.25, 0.3) is 11.5 Å². The van der Waals surface area contributed by atoms with Crippen molar-refractivity contribution >= 4 is 5.91 Å². The van der Waals surface area contributed by atoms with Gasteiger partial charge in [0.2, 0.25) is 5.76 Å². The van der Waals surface area contributed by atoms with E-state index in [4.69, 9.17) is 13.7 Å². The number of carbonyl (C=O) groups is 1. The zero-order chi connectivity index (χ0) is 20.2. The second kappa shape index (κ2) is 8.53. The number of rotatable bonds is 6. The van der Waals surface area contributed by atoms with Crippen LogP contribution in [0.2, 0.25) is 0 Å². The van der Waals surface area contributed by atoms with E-state index in [2.05, 4.69) is 16.1 Å². The summed E-state index contributed by atoms with van der Waals surface area (Å²) in [5.41, 5.74) is 1.47. The number of carbonyl (C=O) groups excluding carboxylic acids is 1. The van der Waals surface area contributed by atoms with Crippen molar-refractivity contribution in [3.63, 3.8) is 0 Å². The fourth-order valence-corrected chi connectivity index (χ4v) is 3.43. The molecule has 0 N–H and O–H groups in total. The standard InChI is InChI=1S/C22H25N3O4/c1-16(2)28-19-7-4-3-6-17(19)15-24-9-11-25(12-10-24)22(26)18-14-21(29-23-18)20-8-5-13-27-20/h3-8,13-14,16H,9-12,15H2,1-2H3. The highest BCUT2D eigenvalue weighted by molar-refractivity contribution is 5.93. The van der Waals surface area contributed by atoms with Gasteiger partial charge < -0.3 is 18.6 Å². The van der Waals surface area contributed by atoms with Gasteiger partial charge in [0.15, 0.2) is 11.5 Å². The molecule has 1 aromatic carbocycles. The molecule has 0 spiro atoms. The molecule has 7 heteroatoms. The largest absolute Gasteiger partial charge is 0.491 e. The van der Waals surface area contributed by atoms with E-state index in [0.29, 0.717) is 30.3 Å². The minimum absolute atomic E-state index is 0.116. The molecule has 7 nitrogen and oxygen atoms in total. The lowest BCUT2D eigenvalue weighted by atomic mass is 10.1. The van der Waals surface area contributed by atoms with Gasteiger partial charge in [0.25, 0.3) is 5.91 Å². The van der Waals surface area contributed by atoms with Crippen LogP contribution in [0.5, 0.6) is 5.75 Å². The summed E-state index contributed by atoms with van der Waals surface area (Å²) >= 11 is 0. The van der Waals surface area contributed by atoms with E-state index in [9.17, 15) is 4.79 Å². The molecule has 1 amide bonds. The number of nitrogens with zero attached hydrogens (tertiary/aromatic N) is 3.